The highest BCUT2D eigenvalue weighted by Gasteiger charge is 2.69. The van der Waals surface area contributed by atoms with E-state index in [4.69, 9.17) is 0 Å². The average Bonchev–Trinajstić information content (AvgIpc) is 3.38. The number of benzene rings is 1. The van der Waals surface area contributed by atoms with Gasteiger partial charge in [-0.1, -0.05) is 98.6 Å². The number of carbonyl (C=O) groups is 2. The van der Waals surface area contributed by atoms with Crippen molar-refractivity contribution in [2.24, 2.45) is 50.7 Å². The molecular weight excluding hydrogens is 580 g/mol. The number of aromatic amines is 1. The Labute approximate surface area is 283 Å². The summed E-state index contributed by atoms with van der Waals surface area (Å²) in [7, 11) is 0. The number of hydrogen-bond donors (Lipinski definition) is 3. The maximum Gasteiger partial charge on any atom is 0.326 e. The molecule has 5 nitrogen and oxygen atoms in total. The van der Waals surface area contributed by atoms with Crippen LogP contribution in [0.25, 0.3) is 10.9 Å². The molecule has 3 saturated carbocycles. The van der Waals surface area contributed by atoms with E-state index in [0.717, 1.165) is 51.4 Å². The predicted molar refractivity (Wildman–Crippen MR) is 190 cm³/mol. The van der Waals surface area contributed by atoms with Crippen LogP contribution in [0.4, 0.5) is 0 Å². The third-order valence-corrected chi connectivity index (χ3v) is 16.0. The molecule has 5 aliphatic carbocycles. The van der Waals surface area contributed by atoms with Crippen LogP contribution in [0.2, 0.25) is 0 Å². The number of hydrogen-bond acceptors (Lipinski definition) is 2. The smallest absolute Gasteiger partial charge is 0.326 e. The van der Waals surface area contributed by atoms with Gasteiger partial charge < -0.3 is 15.4 Å². The number of aliphatic carboxylic acids is 1. The van der Waals surface area contributed by atoms with Crippen molar-refractivity contribution in [3.63, 3.8) is 0 Å². The molecule has 256 valence electrons. The highest BCUT2D eigenvalue weighted by Crippen LogP contribution is 2.75. The van der Waals surface area contributed by atoms with Crippen molar-refractivity contribution in [2.75, 3.05) is 0 Å². The lowest BCUT2D eigenvalue weighted by atomic mass is 9.33. The molecule has 9 atom stereocenters. The Balaban J connectivity index is 1.30. The number of fused-ring (bicyclic) bond motifs is 10. The molecule has 47 heavy (non-hydrogen) atoms. The van der Waals surface area contributed by atoms with Crippen molar-refractivity contribution >= 4 is 22.8 Å². The summed E-state index contributed by atoms with van der Waals surface area (Å²) < 4.78 is 0. The van der Waals surface area contributed by atoms with E-state index in [1.54, 1.807) is 0 Å². The molecule has 7 rings (SSSR count). The first-order chi connectivity index (χ1) is 21.9. The zero-order chi connectivity index (χ0) is 33.9. The van der Waals surface area contributed by atoms with Gasteiger partial charge in [0.25, 0.3) is 0 Å². The molecule has 0 radical (unpaired) electrons. The predicted octanol–water partition coefficient (Wildman–Crippen LogP) is 9.60. The SMILES string of the molecule is CC[C@H](C)[C@H](NC(=O)[C@]12CCC(C)(C)C[C@H]1C1=CC[C@@H]3[C@@]4(C)Cc5c([nH]c6ccccc56)C(C)(C)[C@@H]4CC[C@@]3(C)[C@]1(C)CC2)C(=O)O. The molecule has 0 spiro atoms. The summed E-state index contributed by atoms with van der Waals surface area (Å²) in [6.45, 7) is 21.6. The Bertz CT molecular complexity index is 1650. The fraction of sp³-hybridized carbons (Fsp3) is 0.714. The Hall–Kier alpha value is -2.56. The number of allylic oxidation sites excluding steroid dienone is 2. The Morgan fingerprint density at radius 2 is 1.68 bits per heavy atom. The van der Waals surface area contributed by atoms with E-state index in [-0.39, 0.29) is 44.8 Å². The second kappa shape index (κ2) is 10.5. The fourth-order valence-corrected chi connectivity index (χ4v) is 12.9. The molecule has 3 N–H and O–H groups in total. The second-order valence-electron chi connectivity index (χ2n) is 19.0. The summed E-state index contributed by atoms with van der Waals surface area (Å²) in [6, 6.07) is 8.07. The van der Waals surface area contributed by atoms with E-state index in [0.29, 0.717) is 11.8 Å². The number of carboxylic acid groups (broad SMARTS) is 1. The van der Waals surface area contributed by atoms with Gasteiger partial charge in [0.05, 0.1) is 5.41 Å². The van der Waals surface area contributed by atoms with Crippen LogP contribution in [0.15, 0.2) is 35.9 Å². The van der Waals surface area contributed by atoms with Gasteiger partial charge in [-0.3, -0.25) is 4.79 Å². The first kappa shape index (κ1) is 33.0. The number of rotatable bonds is 5. The summed E-state index contributed by atoms with van der Waals surface area (Å²) >= 11 is 0. The van der Waals surface area contributed by atoms with Crippen LogP contribution < -0.4 is 5.32 Å². The van der Waals surface area contributed by atoms with Crippen molar-refractivity contribution in [3.8, 4) is 0 Å². The molecule has 0 unspecified atom stereocenters. The minimum Gasteiger partial charge on any atom is -0.480 e. The lowest BCUT2D eigenvalue weighted by Gasteiger charge is -2.70. The Kier molecular flexibility index (Phi) is 7.34. The van der Waals surface area contributed by atoms with Gasteiger partial charge >= 0.3 is 5.97 Å². The lowest BCUT2D eigenvalue weighted by Crippen LogP contribution is -2.65. The normalized spacial score (nSPS) is 39.6. The third-order valence-electron chi connectivity index (χ3n) is 16.0. The van der Waals surface area contributed by atoms with Gasteiger partial charge in [0.1, 0.15) is 6.04 Å². The largest absolute Gasteiger partial charge is 0.480 e. The molecule has 0 saturated heterocycles. The fourth-order valence-electron chi connectivity index (χ4n) is 12.9. The second-order valence-corrected chi connectivity index (χ2v) is 19.0. The van der Waals surface area contributed by atoms with Crippen LogP contribution in [-0.4, -0.2) is 28.0 Å². The molecule has 5 heteroatoms. The van der Waals surface area contributed by atoms with Crippen LogP contribution in [0.5, 0.6) is 0 Å². The number of aromatic nitrogens is 1. The summed E-state index contributed by atoms with van der Waals surface area (Å²) in [4.78, 5) is 30.8. The number of carboxylic acids is 1. The average molecular weight is 641 g/mol. The summed E-state index contributed by atoms with van der Waals surface area (Å²) in [5.74, 6) is 0.289. The van der Waals surface area contributed by atoms with Gasteiger partial charge in [0, 0.05) is 22.0 Å². The van der Waals surface area contributed by atoms with Crippen LogP contribution in [0.1, 0.15) is 131 Å². The molecule has 3 fully saturated rings. The number of carbonyl (C=O) groups excluding carboxylic acids is 1. The van der Waals surface area contributed by atoms with E-state index in [2.05, 4.69) is 89.1 Å². The number of amides is 1. The molecule has 1 heterocycles. The Morgan fingerprint density at radius 1 is 0.979 bits per heavy atom. The molecule has 0 aliphatic heterocycles. The lowest BCUT2D eigenvalue weighted by molar-refractivity contribution is -0.168. The minimum absolute atomic E-state index is 0.00232. The number of nitrogens with one attached hydrogen (secondary N) is 2. The van der Waals surface area contributed by atoms with E-state index < -0.39 is 17.4 Å². The Morgan fingerprint density at radius 3 is 2.38 bits per heavy atom. The molecule has 0 bridgehead atoms. The first-order valence-corrected chi connectivity index (χ1v) is 18.8. The van der Waals surface area contributed by atoms with Crippen LogP contribution in [0.3, 0.4) is 0 Å². The summed E-state index contributed by atoms with van der Waals surface area (Å²) in [5, 5.41) is 14.7. The quantitative estimate of drug-likeness (QED) is 0.285. The van der Waals surface area contributed by atoms with Gasteiger partial charge in [-0.25, -0.2) is 4.79 Å². The first-order valence-electron chi connectivity index (χ1n) is 18.8. The number of para-hydroxylation sites is 1. The van der Waals surface area contributed by atoms with Gasteiger partial charge in [-0.2, -0.15) is 0 Å². The van der Waals surface area contributed by atoms with Gasteiger partial charge in [-0.15, -0.1) is 0 Å². The zero-order valence-corrected chi connectivity index (χ0v) is 30.6. The third kappa shape index (κ3) is 4.38. The minimum atomic E-state index is -0.913. The van der Waals surface area contributed by atoms with Gasteiger partial charge in [0.15, 0.2) is 0 Å². The van der Waals surface area contributed by atoms with E-state index in [1.807, 2.05) is 13.8 Å². The van der Waals surface area contributed by atoms with Crippen LogP contribution in [0, 0.1) is 50.7 Å². The maximum atomic E-state index is 14.5. The van der Waals surface area contributed by atoms with Crippen molar-refractivity contribution in [1.29, 1.82) is 0 Å². The summed E-state index contributed by atoms with van der Waals surface area (Å²) in [5.41, 5.74) is 5.80. The standard InChI is InChI=1S/C42H60N2O3/c1-10-25(2)33(35(45)46)44-36(47)42-21-19-37(3,4)24-29(42)28-15-16-32-39(7)23-27-26-13-11-12-14-30(26)43-34(27)38(5,6)31(39)17-18-41(32,9)40(28,8)20-22-42/h11-15,25,29,31-33,43H,10,16-24H2,1-9H3,(H,44,47)(H,45,46)/t25-,29-,31-,32+,33-,39-,40+,41+,42-/m0/s1. The topological polar surface area (TPSA) is 82.2 Å². The molecule has 1 amide bonds. The van der Waals surface area contributed by atoms with Crippen LogP contribution >= 0.6 is 0 Å². The van der Waals surface area contributed by atoms with Crippen molar-refractivity contribution < 1.29 is 14.7 Å². The van der Waals surface area contributed by atoms with E-state index in [9.17, 15) is 14.7 Å². The molecule has 1 aromatic heterocycles. The number of H-pyrrole nitrogens is 1. The van der Waals surface area contributed by atoms with Crippen molar-refractivity contribution in [3.05, 3.63) is 47.2 Å². The summed E-state index contributed by atoms with van der Waals surface area (Å²) in [6.07, 6.45) is 12.7. The van der Waals surface area contributed by atoms with Gasteiger partial charge in [-0.05, 0) is 115 Å². The molecular formula is C42H60N2O3. The maximum absolute atomic E-state index is 14.5. The van der Waals surface area contributed by atoms with E-state index in [1.165, 1.54) is 40.6 Å². The zero-order valence-electron chi connectivity index (χ0n) is 30.6. The monoisotopic (exact) mass is 640 g/mol. The molecule has 1 aromatic carbocycles. The highest BCUT2D eigenvalue weighted by atomic mass is 16.4. The van der Waals surface area contributed by atoms with E-state index >= 15 is 0 Å². The molecule has 5 aliphatic rings. The van der Waals surface area contributed by atoms with Crippen LogP contribution in [-0.2, 0) is 21.4 Å². The highest BCUT2D eigenvalue weighted by molar-refractivity contribution is 5.89. The molecule has 2 aromatic rings. The van der Waals surface area contributed by atoms with Gasteiger partial charge in [0.2, 0.25) is 5.91 Å². The van der Waals surface area contributed by atoms with Crippen molar-refractivity contribution in [2.45, 2.75) is 138 Å². The van der Waals surface area contributed by atoms with Crippen molar-refractivity contribution in [1.82, 2.24) is 10.3 Å².